The zero-order valence-corrected chi connectivity index (χ0v) is 18.9. The van der Waals surface area contributed by atoms with Crippen LogP contribution in [0.15, 0.2) is 59.1 Å². The summed E-state index contributed by atoms with van der Waals surface area (Å²) in [5, 5.41) is 4.13. The van der Waals surface area contributed by atoms with Crippen LogP contribution in [0.1, 0.15) is 55.6 Å². The Morgan fingerprint density at radius 1 is 1.09 bits per heavy atom. The first kappa shape index (κ1) is 21.9. The molecular formula is C26H30N2O4. The fourth-order valence-corrected chi connectivity index (χ4v) is 4.21. The highest BCUT2D eigenvalue weighted by molar-refractivity contribution is 5.92. The molecule has 0 bridgehead atoms. The summed E-state index contributed by atoms with van der Waals surface area (Å²) < 4.78 is 16.8. The molecule has 1 aromatic heterocycles. The van der Waals surface area contributed by atoms with E-state index in [-0.39, 0.29) is 23.8 Å². The van der Waals surface area contributed by atoms with Gasteiger partial charge in [0.2, 0.25) is 5.76 Å². The van der Waals surface area contributed by atoms with Crippen LogP contribution < -0.4 is 9.47 Å². The van der Waals surface area contributed by atoms with E-state index in [9.17, 15) is 4.79 Å². The summed E-state index contributed by atoms with van der Waals surface area (Å²) in [6.45, 7) is 4.44. The molecule has 1 fully saturated rings. The molecule has 0 saturated heterocycles. The van der Waals surface area contributed by atoms with E-state index in [2.05, 4.69) is 5.16 Å². The number of nitrogens with zero attached hydrogens (tertiary/aromatic N) is 2. The zero-order chi connectivity index (χ0) is 22.5. The van der Waals surface area contributed by atoms with Crippen LogP contribution in [-0.4, -0.2) is 35.2 Å². The highest BCUT2D eigenvalue weighted by Gasteiger charge is 2.30. The Labute approximate surface area is 189 Å². The van der Waals surface area contributed by atoms with Gasteiger partial charge in [-0.05, 0) is 44.4 Å². The van der Waals surface area contributed by atoms with Gasteiger partial charge in [-0.25, -0.2) is 0 Å². The summed E-state index contributed by atoms with van der Waals surface area (Å²) in [5.41, 5.74) is 2.58. The summed E-state index contributed by atoms with van der Waals surface area (Å²) in [7, 11) is 1.63. The topological polar surface area (TPSA) is 64.8 Å². The second-order valence-corrected chi connectivity index (χ2v) is 8.47. The summed E-state index contributed by atoms with van der Waals surface area (Å²) in [4.78, 5) is 15.4. The predicted octanol–water partition coefficient (Wildman–Crippen LogP) is 5.72. The lowest BCUT2D eigenvalue weighted by Gasteiger charge is -2.28. The van der Waals surface area contributed by atoms with Gasteiger partial charge in [0.25, 0.3) is 5.91 Å². The molecule has 32 heavy (non-hydrogen) atoms. The molecule has 1 heterocycles. The zero-order valence-electron chi connectivity index (χ0n) is 18.9. The van der Waals surface area contributed by atoms with Crippen molar-refractivity contribution < 1.29 is 18.8 Å². The Bertz CT molecular complexity index is 1040. The number of aromatic nitrogens is 1. The molecule has 6 nitrogen and oxygen atoms in total. The quantitative estimate of drug-likeness (QED) is 0.453. The molecule has 1 amide bonds. The van der Waals surface area contributed by atoms with E-state index < -0.39 is 0 Å². The number of amides is 1. The molecule has 3 aromatic rings. The van der Waals surface area contributed by atoms with E-state index in [1.54, 1.807) is 13.2 Å². The minimum Gasteiger partial charge on any atom is -0.493 e. The highest BCUT2D eigenvalue weighted by atomic mass is 16.5. The fraction of sp³-hybridized carbons (Fsp3) is 0.385. The standard InChI is InChI=1S/C26H30N2O4/c1-18(2)31-24-15-19(13-14-23(24)30-3)17-28(21-11-7-8-12-21)26(29)25-16-22(27-32-25)20-9-5-4-6-10-20/h4-6,9-10,13-16,18,21H,7-8,11-12,17H2,1-3H3. The Morgan fingerprint density at radius 2 is 1.84 bits per heavy atom. The van der Waals surface area contributed by atoms with Gasteiger partial charge >= 0.3 is 0 Å². The molecule has 4 rings (SSSR count). The molecule has 0 spiro atoms. The molecule has 1 saturated carbocycles. The van der Waals surface area contributed by atoms with Crippen molar-refractivity contribution in [1.29, 1.82) is 0 Å². The van der Waals surface area contributed by atoms with Gasteiger partial charge < -0.3 is 18.9 Å². The lowest BCUT2D eigenvalue weighted by molar-refractivity contribution is 0.0621. The summed E-state index contributed by atoms with van der Waals surface area (Å²) in [6, 6.07) is 17.5. The number of carbonyl (C=O) groups is 1. The predicted molar refractivity (Wildman–Crippen MR) is 123 cm³/mol. The third kappa shape index (κ3) is 4.96. The van der Waals surface area contributed by atoms with Gasteiger partial charge in [-0.2, -0.15) is 0 Å². The Balaban J connectivity index is 1.60. The molecule has 168 valence electrons. The van der Waals surface area contributed by atoms with Crippen LogP contribution in [0.3, 0.4) is 0 Å². The number of carbonyl (C=O) groups excluding carboxylic acids is 1. The fourth-order valence-electron chi connectivity index (χ4n) is 4.21. The van der Waals surface area contributed by atoms with Crippen LogP contribution >= 0.6 is 0 Å². The second kappa shape index (κ2) is 9.90. The van der Waals surface area contributed by atoms with Crippen LogP contribution in [0.5, 0.6) is 11.5 Å². The lowest BCUT2D eigenvalue weighted by Crippen LogP contribution is -2.38. The first-order valence-electron chi connectivity index (χ1n) is 11.2. The number of rotatable bonds is 8. The minimum atomic E-state index is -0.131. The van der Waals surface area contributed by atoms with Crippen LogP contribution in [0.2, 0.25) is 0 Å². The van der Waals surface area contributed by atoms with Crippen LogP contribution in [-0.2, 0) is 6.54 Å². The average Bonchev–Trinajstić information content (AvgIpc) is 3.50. The van der Waals surface area contributed by atoms with Crippen molar-refractivity contribution in [3.05, 3.63) is 65.9 Å². The van der Waals surface area contributed by atoms with Gasteiger partial charge in [-0.1, -0.05) is 54.4 Å². The Morgan fingerprint density at radius 3 is 2.53 bits per heavy atom. The summed E-state index contributed by atoms with van der Waals surface area (Å²) in [6.07, 6.45) is 4.28. The minimum absolute atomic E-state index is 0.0253. The van der Waals surface area contributed by atoms with Crippen molar-refractivity contribution in [2.75, 3.05) is 7.11 Å². The number of methoxy groups -OCH3 is 1. The number of hydrogen-bond acceptors (Lipinski definition) is 5. The maximum Gasteiger partial charge on any atom is 0.293 e. The third-order valence-corrected chi connectivity index (χ3v) is 5.76. The molecule has 1 aliphatic carbocycles. The normalized spacial score (nSPS) is 14.0. The first-order chi connectivity index (χ1) is 15.5. The molecule has 6 heteroatoms. The third-order valence-electron chi connectivity index (χ3n) is 5.76. The average molecular weight is 435 g/mol. The van der Waals surface area contributed by atoms with Crippen LogP contribution in [0, 0.1) is 0 Å². The largest absolute Gasteiger partial charge is 0.493 e. The Hall–Kier alpha value is -3.28. The number of hydrogen-bond donors (Lipinski definition) is 0. The van der Waals surface area contributed by atoms with E-state index in [4.69, 9.17) is 14.0 Å². The number of ether oxygens (including phenoxy) is 2. The molecule has 0 N–H and O–H groups in total. The summed E-state index contributed by atoms with van der Waals surface area (Å²) >= 11 is 0. The SMILES string of the molecule is COc1ccc(CN(C(=O)c2cc(-c3ccccc3)no2)C2CCCC2)cc1OC(C)C. The van der Waals surface area contributed by atoms with Gasteiger partial charge in [0.1, 0.15) is 5.69 Å². The van der Waals surface area contributed by atoms with Crippen molar-refractivity contribution >= 4 is 5.91 Å². The van der Waals surface area contributed by atoms with E-state index in [1.807, 2.05) is 67.3 Å². The van der Waals surface area contributed by atoms with Gasteiger partial charge in [0.05, 0.1) is 13.2 Å². The first-order valence-corrected chi connectivity index (χ1v) is 11.2. The molecule has 2 aromatic carbocycles. The van der Waals surface area contributed by atoms with Crippen molar-refractivity contribution in [2.45, 2.75) is 58.2 Å². The molecule has 0 unspecified atom stereocenters. The monoisotopic (exact) mass is 434 g/mol. The van der Waals surface area contributed by atoms with E-state index in [1.165, 1.54) is 0 Å². The lowest BCUT2D eigenvalue weighted by atomic mass is 10.1. The molecular weight excluding hydrogens is 404 g/mol. The van der Waals surface area contributed by atoms with Crippen molar-refractivity contribution in [2.24, 2.45) is 0 Å². The molecule has 0 atom stereocenters. The number of benzene rings is 2. The smallest absolute Gasteiger partial charge is 0.293 e. The van der Waals surface area contributed by atoms with Gasteiger partial charge in [-0.3, -0.25) is 4.79 Å². The maximum atomic E-state index is 13.5. The van der Waals surface area contributed by atoms with E-state index in [0.29, 0.717) is 23.7 Å². The van der Waals surface area contributed by atoms with Gasteiger partial charge in [0.15, 0.2) is 11.5 Å². The summed E-state index contributed by atoms with van der Waals surface area (Å²) in [5.74, 6) is 1.51. The van der Waals surface area contributed by atoms with Crippen LogP contribution in [0.4, 0.5) is 0 Å². The van der Waals surface area contributed by atoms with Crippen molar-refractivity contribution in [3.8, 4) is 22.8 Å². The molecule has 1 aliphatic rings. The molecule has 0 radical (unpaired) electrons. The Kier molecular flexibility index (Phi) is 6.78. The van der Waals surface area contributed by atoms with Gasteiger partial charge in [-0.15, -0.1) is 0 Å². The highest BCUT2D eigenvalue weighted by Crippen LogP contribution is 2.32. The van der Waals surface area contributed by atoms with Crippen molar-refractivity contribution in [1.82, 2.24) is 10.1 Å². The van der Waals surface area contributed by atoms with E-state index in [0.717, 1.165) is 36.8 Å². The van der Waals surface area contributed by atoms with E-state index >= 15 is 0 Å². The van der Waals surface area contributed by atoms with Crippen LogP contribution in [0.25, 0.3) is 11.3 Å². The van der Waals surface area contributed by atoms with Crippen molar-refractivity contribution in [3.63, 3.8) is 0 Å². The maximum absolute atomic E-state index is 13.5. The van der Waals surface area contributed by atoms with Gasteiger partial charge in [0, 0.05) is 24.2 Å². The molecule has 0 aliphatic heterocycles. The second-order valence-electron chi connectivity index (χ2n) is 8.47.